The Labute approximate surface area is 138 Å². The molecule has 0 N–H and O–H groups in total. The first-order chi connectivity index (χ1) is 10.6. The summed E-state index contributed by atoms with van der Waals surface area (Å²) in [4.78, 5) is 3.58. The summed E-state index contributed by atoms with van der Waals surface area (Å²) in [5.41, 5.74) is 3.93. The van der Waals surface area contributed by atoms with Crippen molar-refractivity contribution in [1.82, 2.24) is 4.57 Å². The van der Waals surface area contributed by atoms with E-state index in [9.17, 15) is 0 Å². The van der Waals surface area contributed by atoms with Gasteiger partial charge in [-0.3, -0.25) is 0 Å². The van der Waals surface area contributed by atoms with Gasteiger partial charge in [-0.05, 0) is 46.6 Å². The third-order valence-corrected chi connectivity index (χ3v) is 4.44. The quantitative estimate of drug-likeness (QED) is 0.582. The number of methoxy groups -OCH3 is 1. The zero-order valence-electron chi connectivity index (χ0n) is 12.4. The van der Waals surface area contributed by atoms with E-state index in [1.807, 2.05) is 31.2 Å². The number of hydrogen-bond acceptors (Lipinski definition) is 1. The number of hydrogen-bond donors (Lipinski definition) is 0. The molecule has 22 heavy (non-hydrogen) atoms. The summed E-state index contributed by atoms with van der Waals surface area (Å²) >= 11 is 3.60. The van der Waals surface area contributed by atoms with Crippen molar-refractivity contribution in [2.45, 2.75) is 13.5 Å². The summed E-state index contributed by atoms with van der Waals surface area (Å²) in [7, 11) is 1.69. The van der Waals surface area contributed by atoms with Crippen LogP contribution in [0.2, 0.25) is 0 Å². The highest BCUT2D eigenvalue weighted by Crippen LogP contribution is 2.33. The number of nitrogens with zero attached hydrogens (tertiary/aromatic N) is 2. The molecule has 0 aliphatic heterocycles. The van der Waals surface area contributed by atoms with Crippen LogP contribution in [0.4, 0.5) is 5.69 Å². The van der Waals surface area contributed by atoms with E-state index < -0.39 is 0 Å². The molecule has 0 saturated carbocycles. The Bertz CT molecular complexity index is 890. The highest BCUT2D eigenvalue weighted by atomic mass is 79.9. The number of ether oxygens (including phenoxy) is 1. The van der Waals surface area contributed by atoms with Crippen molar-refractivity contribution in [3.63, 3.8) is 0 Å². The second-order valence-corrected chi connectivity index (χ2v) is 6.04. The molecule has 0 bridgehead atoms. The molecule has 3 nitrogen and oxygen atoms in total. The van der Waals surface area contributed by atoms with Crippen LogP contribution >= 0.6 is 15.9 Å². The van der Waals surface area contributed by atoms with Crippen molar-refractivity contribution in [3.8, 4) is 5.75 Å². The molecule has 0 aliphatic rings. The van der Waals surface area contributed by atoms with Crippen molar-refractivity contribution in [3.05, 3.63) is 69.6 Å². The topological polar surface area (TPSA) is 18.5 Å². The van der Waals surface area contributed by atoms with Crippen LogP contribution in [0.5, 0.6) is 5.75 Å². The van der Waals surface area contributed by atoms with Crippen LogP contribution in [-0.4, -0.2) is 11.7 Å². The summed E-state index contributed by atoms with van der Waals surface area (Å²) in [5.74, 6) is 0.884. The fourth-order valence-corrected chi connectivity index (χ4v) is 3.22. The molecular formula is C18H15BrN2O. The van der Waals surface area contributed by atoms with Gasteiger partial charge >= 0.3 is 0 Å². The average molecular weight is 355 g/mol. The SMILES string of the molecule is [C-]#[N+]c1cc2c(Br)cn(Cc3ccccc3OC)c2cc1C. The van der Waals surface area contributed by atoms with E-state index in [0.29, 0.717) is 5.69 Å². The van der Waals surface area contributed by atoms with Gasteiger partial charge in [-0.25, -0.2) is 4.85 Å². The van der Waals surface area contributed by atoms with Gasteiger partial charge in [0.15, 0.2) is 5.69 Å². The monoisotopic (exact) mass is 354 g/mol. The molecular weight excluding hydrogens is 340 g/mol. The molecule has 1 heterocycles. The van der Waals surface area contributed by atoms with E-state index in [0.717, 1.165) is 38.8 Å². The molecule has 0 saturated heterocycles. The van der Waals surface area contributed by atoms with Crippen molar-refractivity contribution in [2.24, 2.45) is 0 Å². The Hall–Kier alpha value is -2.25. The zero-order valence-corrected chi connectivity index (χ0v) is 14.0. The maximum absolute atomic E-state index is 7.26. The van der Waals surface area contributed by atoms with Crippen LogP contribution in [0.3, 0.4) is 0 Å². The highest BCUT2D eigenvalue weighted by molar-refractivity contribution is 9.10. The molecule has 0 fully saturated rings. The standard InChI is InChI=1S/C18H15BrN2O/c1-12-8-17-14(9-16(12)20-2)15(19)11-21(17)10-13-6-4-5-7-18(13)22-3/h4-9,11H,10H2,1,3H3. The first kappa shape index (κ1) is 14.7. The molecule has 0 unspecified atom stereocenters. The Morgan fingerprint density at radius 2 is 2.05 bits per heavy atom. The normalized spacial score (nSPS) is 10.6. The van der Waals surface area contributed by atoms with Crippen LogP contribution in [0, 0.1) is 13.5 Å². The van der Waals surface area contributed by atoms with Gasteiger partial charge in [0.2, 0.25) is 0 Å². The van der Waals surface area contributed by atoms with Gasteiger partial charge in [-0.1, -0.05) is 18.2 Å². The fourth-order valence-electron chi connectivity index (χ4n) is 2.65. The van der Waals surface area contributed by atoms with Crippen LogP contribution in [0.15, 0.2) is 47.1 Å². The first-order valence-corrected chi connectivity index (χ1v) is 7.71. The van der Waals surface area contributed by atoms with Gasteiger partial charge in [0.05, 0.1) is 20.2 Å². The maximum Gasteiger partial charge on any atom is 0.190 e. The molecule has 110 valence electrons. The minimum atomic E-state index is 0.697. The molecule has 3 rings (SSSR count). The number of fused-ring (bicyclic) bond motifs is 1. The number of benzene rings is 2. The molecule has 1 aromatic heterocycles. The number of aryl methyl sites for hydroxylation is 1. The van der Waals surface area contributed by atoms with Gasteiger partial charge in [0, 0.05) is 27.1 Å². The third-order valence-electron chi connectivity index (χ3n) is 3.80. The van der Waals surface area contributed by atoms with Crippen LogP contribution < -0.4 is 4.74 Å². The largest absolute Gasteiger partial charge is 0.496 e. The molecule has 2 aromatic carbocycles. The van der Waals surface area contributed by atoms with Crippen LogP contribution in [0.25, 0.3) is 15.7 Å². The maximum atomic E-state index is 7.26. The van der Waals surface area contributed by atoms with Gasteiger partial charge in [-0.15, -0.1) is 0 Å². The van der Waals surface area contributed by atoms with E-state index in [4.69, 9.17) is 11.3 Å². The lowest BCUT2D eigenvalue weighted by atomic mass is 10.1. The smallest absolute Gasteiger partial charge is 0.190 e. The number of rotatable bonds is 3. The number of halogens is 1. The minimum absolute atomic E-state index is 0.697. The van der Waals surface area contributed by atoms with Crippen molar-refractivity contribution < 1.29 is 4.74 Å². The van der Waals surface area contributed by atoms with Crippen molar-refractivity contribution in [1.29, 1.82) is 0 Å². The zero-order chi connectivity index (χ0) is 15.7. The Kier molecular flexibility index (Phi) is 3.91. The number of aromatic nitrogens is 1. The van der Waals surface area contributed by atoms with Crippen LogP contribution in [0.1, 0.15) is 11.1 Å². The fraction of sp³-hybridized carbons (Fsp3) is 0.167. The van der Waals surface area contributed by atoms with E-state index in [1.165, 1.54) is 0 Å². The molecule has 3 aromatic rings. The van der Waals surface area contributed by atoms with Crippen molar-refractivity contribution in [2.75, 3.05) is 7.11 Å². The molecule has 4 heteroatoms. The van der Waals surface area contributed by atoms with E-state index in [1.54, 1.807) is 7.11 Å². The summed E-state index contributed by atoms with van der Waals surface area (Å²) < 4.78 is 8.61. The van der Waals surface area contributed by atoms with Crippen molar-refractivity contribution >= 4 is 32.5 Å². The second-order valence-electron chi connectivity index (χ2n) is 5.18. The van der Waals surface area contributed by atoms with Gasteiger partial charge in [0.25, 0.3) is 0 Å². The molecule has 0 spiro atoms. The lowest BCUT2D eigenvalue weighted by Crippen LogP contribution is -2.00. The van der Waals surface area contributed by atoms with E-state index in [2.05, 4.69) is 43.7 Å². The second kappa shape index (κ2) is 5.86. The van der Waals surface area contributed by atoms with Gasteiger partial charge in [0.1, 0.15) is 5.75 Å². The van der Waals surface area contributed by atoms with E-state index in [-0.39, 0.29) is 0 Å². The average Bonchev–Trinajstić information content (AvgIpc) is 2.82. The van der Waals surface area contributed by atoms with E-state index >= 15 is 0 Å². The van der Waals surface area contributed by atoms with Crippen LogP contribution in [-0.2, 0) is 6.54 Å². The first-order valence-electron chi connectivity index (χ1n) is 6.92. The lowest BCUT2D eigenvalue weighted by molar-refractivity contribution is 0.408. The molecule has 0 amide bonds. The molecule has 0 radical (unpaired) electrons. The predicted molar refractivity (Wildman–Crippen MR) is 92.7 cm³/mol. The summed E-state index contributed by atoms with van der Waals surface area (Å²) in [5, 5.41) is 1.06. The lowest BCUT2D eigenvalue weighted by Gasteiger charge is -2.10. The van der Waals surface area contributed by atoms with Gasteiger partial charge < -0.3 is 9.30 Å². The highest BCUT2D eigenvalue weighted by Gasteiger charge is 2.11. The number of para-hydroxylation sites is 1. The van der Waals surface area contributed by atoms with Gasteiger partial charge in [-0.2, -0.15) is 0 Å². The Morgan fingerprint density at radius 3 is 2.77 bits per heavy atom. The molecule has 0 atom stereocenters. The summed E-state index contributed by atoms with van der Waals surface area (Å²) in [6, 6.07) is 12.0. The molecule has 0 aliphatic carbocycles. The Balaban J connectivity index is 2.12. The Morgan fingerprint density at radius 1 is 1.27 bits per heavy atom. The summed E-state index contributed by atoms with van der Waals surface area (Å²) in [6.45, 7) is 9.95. The third kappa shape index (κ3) is 2.49. The predicted octanol–water partition coefficient (Wildman–Crippen LogP) is 5.32. The summed E-state index contributed by atoms with van der Waals surface area (Å²) in [6.07, 6.45) is 2.06. The minimum Gasteiger partial charge on any atom is -0.496 e.